The Hall–Kier alpha value is -4.12. The average molecular weight is 462 g/mol. The predicted molar refractivity (Wildman–Crippen MR) is 140 cm³/mol. The number of carbonyl (C=O) groups is 1. The number of aromatic nitrogens is 2. The third-order valence-corrected chi connectivity index (χ3v) is 7.05. The molecule has 3 aliphatic carbocycles. The molecule has 0 aliphatic heterocycles. The van der Waals surface area contributed by atoms with Crippen LogP contribution in [0.1, 0.15) is 30.5 Å². The van der Waals surface area contributed by atoms with Crippen LogP contribution in [0.5, 0.6) is 11.5 Å². The molecule has 0 saturated heterocycles. The fraction of sp³-hybridized carbons (Fsp3) is 0.200. The number of nitrogens with one attached hydrogen (secondary N) is 2. The fourth-order valence-corrected chi connectivity index (χ4v) is 5.19. The molecule has 1 fully saturated rings. The Kier molecular flexibility index (Phi) is 5.67. The van der Waals surface area contributed by atoms with Crippen LogP contribution in [0.15, 0.2) is 84.9 Å². The summed E-state index contributed by atoms with van der Waals surface area (Å²) in [7, 11) is 0. The van der Waals surface area contributed by atoms with Crippen LogP contribution in [0.25, 0.3) is 23.1 Å². The van der Waals surface area contributed by atoms with Crippen LogP contribution in [0.2, 0.25) is 0 Å². The van der Waals surface area contributed by atoms with Crippen molar-refractivity contribution in [1.82, 2.24) is 10.2 Å². The maximum Gasteiger partial charge on any atom is 0.228 e. The summed E-state index contributed by atoms with van der Waals surface area (Å²) in [5, 5.41) is 11.7. The van der Waals surface area contributed by atoms with Crippen LogP contribution >= 0.6 is 0 Å². The molecule has 2 N–H and O–H groups in total. The molecule has 2 bridgehead atoms. The molecule has 3 atom stereocenters. The van der Waals surface area contributed by atoms with Gasteiger partial charge < -0.3 is 10.1 Å². The summed E-state index contributed by atoms with van der Waals surface area (Å²) in [5.41, 5.74) is 3.67. The quantitative estimate of drug-likeness (QED) is 0.302. The minimum atomic E-state index is 0.0660. The summed E-state index contributed by atoms with van der Waals surface area (Å²) in [6.07, 6.45) is 11.8. The number of hydrogen-bond acceptors (Lipinski definition) is 3. The van der Waals surface area contributed by atoms with Gasteiger partial charge in [0.05, 0.1) is 11.2 Å². The van der Waals surface area contributed by atoms with Gasteiger partial charge in [0.25, 0.3) is 0 Å². The fourth-order valence-electron chi connectivity index (χ4n) is 5.19. The first-order valence-electron chi connectivity index (χ1n) is 12.2. The van der Waals surface area contributed by atoms with Gasteiger partial charge in [0.1, 0.15) is 11.5 Å². The number of H-pyrrole nitrogens is 1. The van der Waals surface area contributed by atoms with Gasteiger partial charge in [0.2, 0.25) is 5.91 Å². The van der Waals surface area contributed by atoms with E-state index in [9.17, 15) is 4.79 Å². The number of allylic oxidation sites excluding steroid dienone is 2. The van der Waals surface area contributed by atoms with E-state index in [1.807, 2.05) is 66.7 Å². The summed E-state index contributed by atoms with van der Waals surface area (Å²) >= 11 is 0. The Morgan fingerprint density at radius 2 is 1.83 bits per heavy atom. The first-order chi connectivity index (χ1) is 17.2. The van der Waals surface area contributed by atoms with E-state index in [2.05, 4.69) is 45.9 Å². The van der Waals surface area contributed by atoms with Crippen LogP contribution in [-0.2, 0) is 4.79 Å². The number of nitrogens with zero attached hydrogens (tertiary/aromatic N) is 1. The van der Waals surface area contributed by atoms with Crippen molar-refractivity contribution in [3.8, 4) is 11.5 Å². The van der Waals surface area contributed by atoms with Crippen molar-refractivity contribution in [2.45, 2.75) is 19.3 Å². The number of rotatable bonds is 6. The van der Waals surface area contributed by atoms with Crippen molar-refractivity contribution < 1.29 is 9.53 Å². The Balaban J connectivity index is 1.14. The molecule has 35 heavy (non-hydrogen) atoms. The number of aromatic amines is 1. The first kappa shape index (κ1) is 21.4. The molecule has 3 unspecified atom stereocenters. The summed E-state index contributed by atoms with van der Waals surface area (Å²) in [6.45, 7) is 0. The maximum absolute atomic E-state index is 12.9. The van der Waals surface area contributed by atoms with E-state index in [4.69, 9.17) is 4.74 Å². The van der Waals surface area contributed by atoms with E-state index in [-0.39, 0.29) is 11.8 Å². The summed E-state index contributed by atoms with van der Waals surface area (Å²) in [5.74, 6) is 2.48. The van der Waals surface area contributed by atoms with Gasteiger partial charge in [0.15, 0.2) is 0 Å². The molecule has 1 aromatic heterocycles. The van der Waals surface area contributed by atoms with Crippen LogP contribution in [-0.4, -0.2) is 16.1 Å². The van der Waals surface area contributed by atoms with E-state index < -0.39 is 0 Å². The van der Waals surface area contributed by atoms with E-state index in [1.165, 1.54) is 6.42 Å². The zero-order valence-electron chi connectivity index (χ0n) is 19.4. The number of fused-ring (bicyclic) bond motifs is 3. The van der Waals surface area contributed by atoms with Crippen molar-refractivity contribution >= 4 is 34.6 Å². The smallest absolute Gasteiger partial charge is 0.228 e. The van der Waals surface area contributed by atoms with Crippen LogP contribution in [0.4, 0.5) is 5.69 Å². The molecule has 5 nitrogen and oxygen atoms in total. The van der Waals surface area contributed by atoms with Crippen molar-refractivity contribution in [2.24, 2.45) is 17.8 Å². The van der Waals surface area contributed by atoms with Crippen molar-refractivity contribution in [2.75, 3.05) is 5.32 Å². The third kappa shape index (κ3) is 4.62. The topological polar surface area (TPSA) is 67.0 Å². The number of ether oxygens (including phenoxy) is 1. The van der Waals surface area contributed by atoms with Crippen molar-refractivity contribution in [1.29, 1.82) is 0 Å². The number of anilines is 1. The van der Waals surface area contributed by atoms with Gasteiger partial charge in [-0.05, 0) is 67.0 Å². The molecule has 0 radical (unpaired) electrons. The number of hydrogen-bond donors (Lipinski definition) is 2. The molecule has 7 rings (SSSR count). The molecule has 1 saturated carbocycles. The van der Waals surface area contributed by atoms with Gasteiger partial charge in [-0.15, -0.1) is 0 Å². The van der Waals surface area contributed by atoms with Gasteiger partial charge in [-0.25, -0.2) is 0 Å². The second-order valence-corrected chi connectivity index (χ2v) is 9.41. The number of benzene rings is 3. The van der Waals surface area contributed by atoms with Crippen LogP contribution in [0.3, 0.4) is 0 Å². The first-order valence-corrected chi connectivity index (χ1v) is 12.2. The highest BCUT2D eigenvalue weighted by Crippen LogP contribution is 2.41. The molecule has 1 amide bonds. The molecule has 1 heterocycles. The standard InChI is InChI=1S/C30H27N3O2/c34-30(27-17-21-9-12-22(27)13-10-21)31-23-7-4-8-24(18-23)35-25-14-15-26-28(32-33-29(26)19-25)16-11-20-5-2-1-3-6-20/h1-9,11-12,14-16,18-19,21-22,27H,10,13,17H2,(H,31,34)(H,32,33)/b16-11+. The molecular formula is C30H27N3O2. The lowest BCUT2D eigenvalue weighted by atomic mass is 9.69. The summed E-state index contributed by atoms with van der Waals surface area (Å²) < 4.78 is 6.11. The Bertz CT molecular complexity index is 1420. The van der Waals surface area contributed by atoms with E-state index in [0.717, 1.165) is 40.7 Å². The highest BCUT2D eigenvalue weighted by molar-refractivity contribution is 5.93. The summed E-state index contributed by atoms with van der Waals surface area (Å²) in [4.78, 5) is 12.9. The molecule has 5 heteroatoms. The molecule has 174 valence electrons. The SMILES string of the molecule is O=C(Nc1cccc(Oc2ccc3c(/C=C/c4ccccc4)n[nH]c3c2)c1)C1CC2C=CC1CC2. The minimum Gasteiger partial charge on any atom is -0.457 e. The van der Waals surface area contributed by atoms with Crippen LogP contribution in [0, 0.1) is 17.8 Å². The van der Waals surface area contributed by atoms with Gasteiger partial charge in [-0.1, -0.05) is 54.6 Å². The predicted octanol–water partition coefficient (Wildman–Crippen LogP) is 7.07. The van der Waals surface area contributed by atoms with Gasteiger partial charge in [0, 0.05) is 29.1 Å². The van der Waals surface area contributed by atoms with E-state index >= 15 is 0 Å². The van der Waals surface area contributed by atoms with Crippen LogP contribution < -0.4 is 10.1 Å². The highest BCUT2D eigenvalue weighted by Gasteiger charge is 2.36. The molecule has 0 spiro atoms. The lowest BCUT2D eigenvalue weighted by Crippen LogP contribution is -2.36. The molecular weight excluding hydrogens is 434 g/mol. The Morgan fingerprint density at radius 1 is 0.943 bits per heavy atom. The van der Waals surface area contributed by atoms with Crippen molar-refractivity contribution in [3.05, 3.63) is 96.2 Å². The average Bonchev–Trinajstić information content (AvgIpc) is 3.31. The number of amides is 1. The minimum absolute atomic E-state index is 0.0660. The highest BCUT2D eigenvalue weighted by atomic mass is 16.5. The monoisotopic (exact) mass is 461 g/mol. The molecule has 3 aliphatic rings. The Labute approximate surface area is 204 Å². The van der Waals surface area contributed by atoms with Gasteiger partial charge in [-0.3, -0.25) is 9.89 Å². The summed E-state index contributed by atoms with van der Waals surface area (Å²) in [6, 6.07) is 23.6. The zero-order valence-corrected chi connectivity index (χ0v) is 19.4. The van der Waals surface area contributed by atoms with Gasteiger partial charge >= 0.3 is 0 Å². The van der Waals surface area contributed by atoms with Gasteiger partial charge in [-0.2, -0.15) is 5.10 Å². The van der Waals surface area contributed by atoms with E-state index in [0.29, 0.717) is 23.3 Å². The second kappa shape index (κ2) is 9.26. The largest absolute Gasteiger partial charge is 0.457 e. The Morgan fingerprint density at radius 3 is 2.63 bits per heavy atom. The number of carbonyl (C=O) groups excluding carboxylic acids is 1. The normalized spacial score (nSPS) is 21.0. The second-order valence-electron chi connectivity index (χ2n) is 9.41. The van der Waals surface area contributed by atoms with Crippen molar-refractivity contribution in [3.63, 3.8) is 0 Å². The lowest BCUT2D eigenvalue weighted by molar-refractivity contribution is -0.122. The van der Waals surface area contributed by atoms with E-state index in [1.54, 1.807) is 0 Å². The zero-order chi connectivity index (χ0) is 23.6. The lowest BCUT2D eigenvalue weighted by Gasteiger charge is -2.36. The third-order valence-electron chi connectivity index (χ3n) is 7.05. The molecule has 4 aromatic rings. The maximum atomic E-state index is 12.9. The molecule has 3 aromatic carbocycles.